The number of rotatable bonds is 4. The number of hydrogen-bond acceptors (Lipinski definition) is 8. The molecule has 0 spiro atoms. The molecule has 1 fully saturated rings. The minimum atomic E-state index is -0.992. The molecule has 0 aromatic carbocycles. The predicted octanol–water partition coefficient (Wildman–Crippen LogP) is 1.33. The van der Waals surface area contributed by atoms with Crippen molar-refractivity contribution in [2.24, 2.45) is 0 Å². The molecule has 0 radical (unpaired) electrons. The molecule has 11 heteroatoms. The average molecular weight is 405 g/mol. The zero-order valence-electron chi connectivity index (χ0n) is 17.1. The number of ether oxygens (including phenoxy) is 1. The van der Waals surface area contributed by atoms with Crippen molar-refractivity contribution in [1.29, 1.82) is 0 Å². The van der Waals surface area contributed by atoms with Crippen LogP contribution in [0, 0.1) is 0 Å². The fraction of sp³-hybridized carbons (Fsp3) is 0.611. The molecule has 2 aromatic rings. The van der Waals surface area contributed by atoms with Crippen molar-refractivity contribution in [3.05, 3.63) is 6.33 Å². The maximum atomic E-state index is 12.3. The van der Waals surface area contributed by atoms with Gasteiger partial charge >= 0.3 is 12.1 Å². The van der Waals surface area contributed by atoms with Crippen LogP contribution in [0.25, 0.3) is 11.2 Å². The standard InChI is InChI=1S/C18H27N7O4/c1-18(2,3)29-17(28)23(4)11-5-7-24(8-6-11)14-13-15(22-16(19)21-14)25(10-20-13)9-12(26)27/h10-11H,5-9H2,1-4H3,(H,26,27)(H2,19,21,22). The van der Waals surface area contributed by atoms with E-state index in [0.717, 1.165) is 12.8 Å². The third kappa shape index (κ3) is 4.66. The number of carboxylic acids is 1. The number of nitrogens with two attached hydrogens (primary N) is 1. The van der Waals surface area contributed by atoms with Crippen LogP contribution in [0.4, 0.5) is 16.6 Å². The number of hydrogen-bond donors (Lipinski definition) is 2. The van der Waals surface area contributed by atoms with E-state index in [4.69, 9.17) is 15.6 Å². The number of carbonyl (C=O) groups is 2. The molecule has 3 heterocycles. The lowest BCUT2D eigenvalue weighted by Gasteiger charge is -2.37. The monoisotopic (exact) mass is 405 g/mol. The van der Waals surface area contributed by atoms with Crippen LogP contribution in [0.1, 0.15) is 33.6 Å². The number of amides is 1. The van der Waals surface area contributed by atoms with Crippen LogP contribution >= 0.6 is 0 Å². The first kappa shape index (κ1) is 20.6. The van der Waals surface area contributed by atoms with Crippen LogP contribution in [-0.2, 0) is 16.1 Å². The first-order valence-corrected chi connectivity index (χ1v) is 9.46. The first-order chi connectivity index (χ1) is 13.5. The maximum absolute atomic E-state index is 12.3. The molecule has 3 N–H and O–H groups in total. The molecule has 1 amide bonds. The molecule has 11 nitrogen and oxygen atoms in total. The molecule has 1 saturated heterocycles. The molecule has 1 aliphatic heterocycles. The Labute approximate surface area is 168 Å². The van der Waals surface area contributed by atoms with Crippen LogP contribution < -0.4 is 10.6 Å². The number of aromatic nitrogens is 4. The second kappa shape index (κ2) is 7.72. The van der Waals surface area contributed by atoms with Gasteiger partial charge in [0.25, 0.3) is 0 Å². The zero-order chi connectivity index (χ0) is 21.3. The van der Waals surface area contributed by atoms with Gasteiger partial charge in [0.15, 0.2) is 17.0 Å². The van der Waals surface area contributed by atoms with E-state index < -0.39 is 11.6 Å². The Hall–Kier alpha value is -3.11. The van der Waals surface area contributed by atoms with E-state index in [0.29, 0.717) is 30.1 Å². The Kier molecular flexibility index (Phi) is 5.49. The number of piperidine rings is 1. The van der Waals surface area contributed by atoms with E-state index in [1.165, 1.54) is 10.9 Å². The number of nitrogens with zero attached hydrogens (tertiary/aromatic N) is 6. The average Bonchev–Trinajstić information content (AvgIpc) is 3.01. The summed E-state index contributed by atoms with van der Waals surface area (Å²) in [5.41, 5.74) is 6.23. The fourth-order valence-electron chi connectivity index (χ4n) is 3.38. The highest BCUT2D eigenvalue weighted by Gasteiger charge is 2.30. The Balaban J connectivity index is 1.74. The highest BCUT2D eigenvalue weighted by Crippen LogP contribution is 2.27. The third-order valence-electron chi connectivity index (χ3n) is 4.76. The maximum Gasteiger partial charge on any atom is 0.410 e. The van der Waals surface area contributed by atoms with Crippen LogP contribution in [-0.4, -0.2) is 73.4 Å². The molecule has 0 atom stereocenters. The summed E-state index contributed by atoms with van der Waals surface area (Å²) in [5, 5.41) is 9.05. The molecule has 3 rings (SSSR count). The topological polar surface area (TPSA) is 140 Å². The van der Waals surface area contributed by atoms with Gasteiger partial charge in [-0.3, -0.25) is 4.79 Å². The summed E-state index contributed by atoms with van der Waals surface area (Å²) in [4.78, 5) is 39.8. The molecular formula is C18H27N7O4. The Morgan fingerprint density at radius 1 is 1.31 bits per heavy atom. The SMILES string of the molecule is CN(C(=O)OC(C)(C)C)C1CCN(c2nc(N)nc3c2ncn3CC(=O)O)CC1. The van der Waals surface area contributed by atoms with E-state index in [9.17, 15) is 9.59 Å². The molecule has 0 bridgehead atoms. The van der Waals surface area contributed by atoms with Crippen LogP contribution in [0.15, 0.2) is 6.33 Å². The largest absolute Gasteiger partial charge is 0.480 e. The summed E-state index contributed by atoms with van der Waals surface area (Å²) in [6, 6.07) is 0.0559. The van der Waals surface area contributed by atoms with Crippen molar-refractivity contribution in [3.8, 4) is 0 Å². The Bertz CT molecular complexity index is 913. The fourth-order valence-corrected chi connectivity index (χ4v) is 3.38. The molecule has 2 aromatic heterocycles. The number of carbonyl (C=O) groups excluding carboxylic acids is 1. The minimum Gasteiger partial charge on any atom is -0.480 e. The molecule has 29 heavy (non-hydrogen) atoms. The highest BCUT2D eigenvalue weighted by molar-refractivity contribution is 5.85. The van der Waals surface area contributed by atoms with Gasteiger partial charge in [-0.2, -0.15) is 9.97 Å². The molecule has 0 unspecified atom stereocenters. The van der Waals surface area contributed by atoms with Gasteiger partial charge in [-0.1, -0.05) is 0 Å². The van der Waals surface area contributed by atoms with Gasteiger partial charge in [-0.25, -0.2) is 9.78 Å². The molecular weight excluding hydrogens is 378 g/mol. The van der Waals surface area contributed by atoms with Crippen molar-refractivity contribution in [1.82, 2.24) is 24.4 Å². The lowest BCUT2D eigenvalue weighted by Crippen LogP contribution is -2.47. The van der Waals surface area contributed by atoms with Crippen molar-refractivity contribution >= 4 is 35.0 Å². The van der Waals surface area contributed by atoms with Gasteiger partial charge in [-0.05, 0) is 33.6 Å². The number of aliphatic carboxylic acids is 1. The van der Waals surface area contributed by atoms with Gasteiger partial charge in [0.1, 0.15) is 12.1 Å². The van der Waals surface area contributed by atoms with Crippen molar-refractivity contribution in [3.63, 3.8) is 0 Å². The molecule has 158 valence electrons. The van der Waals surface area contributed by atoms with Crippen molar-refractivity contribution in [2.75, 3.05) is 30.8 Å². The summed E-state index contributed by atoms with van der Waals surface area (Å²) in [7, 11) is 1.75. The zero-order valence-corrected chi connectivity index (χ0v) is 17.1. The van der Waals surface area contributed by atoms with E-state index in [2.05, 4.69) is 15.0 Å². The van der Waals surface area contributed by atoms with Crippen LogP contribution in [0.3, 0.4) is 0 Å². The van der Waals surface area contributed by atoms with E-state index >= 15 is 0 Å². The summed E-state index contributed by atoms with van der Waals surface area (Å²) in [6.07, 6.45) is 2.56. The van der Waals surface area contributed by atoms with E-state index in [1.54, 1.807) is 11.9 Å². The van der Waals surface area contributed by atoms with Gasteiger partial charge in [0.05, 0.1) is 6.33 Å². The van der Waals surface area contributed by atoms with Gasteiger partial charge in [0.2, 0.25) is 5.95 Å². The number of anilines is 2. The number of nitrogen functional groups attached to an aromatic ring is 1. The predicted molar refractivity (Wildman–Crippen MR) is 107 cm³/mol. The molecule has 0 aliphatic carbocycles. The minimum absolute atomic E-state index is 0.0559. The Morgan fingerprint density at radius 2 is 1.97 bits per heavy atom. The van der Waals surface area contributed by atoms with Crippen molar-refractivity contribution < 1.29 is 19.4 Å². The highest BCUT2D eigenvalue weighted by atomic mass is 16.6. The lowest BCUT2D eigenvalue weighted by molar-refractivity contribution is -0.137. The lowest BCUT2D eigenvalue weighted by atomic mass is 10.0. The van der Waals surface area contributed by atoms with E-state index in [1.807, 2.05) is 25.7 Å². The van der Waals surface area contributed by atoms with Gasteiger partial charge < -0.3 is 29.9 Å². The second-order valence-corrected chi connectivity index (χ2v) is 8.15. The van der Waals surface area contributed by atoms with Crippen LogP contribution in [0.5, 0.6) is 0 Å². The van der Waals surface area contributed by atoms with Gasteiger partial charge in [0, 0.05) is 26.2 Å². The number of imidazole rings is 1. The number of carboxylic acid groups (broad SMARTS) is 1. The Morgan fingerprint density at radius 3 is 2.55 bits per heavy atom. The van der Waals surface area contributed by atoms with E-state index in [-0.39, 0.29) is 24.6 Å². The van der Waals surface area contributed by atoms with Crippen LogP contribution in [0.2, 0.25) is 0 Å². The normalized spacial score (nSPS) is 15.5. The summed E-state index contributed by atoms with van der Waals surface area (Å²) in [5.74, 6) is -0.350. The van der Waals surface area contributed by atoms with Gasteiger partial charge in [-0.15, -0.1) is 0 Å². The summed E-state index contributed by atoms with van der Waals surface area (Å²) >= 11 is 0. The third-order valence-corrected chi connectivity index (χ3v) is 4.76. The molecule has 1 aliphatic rings. The van der Waals surface area contributed by atoms with Crippen molar-refractivity contribution in [2.45, 2.75) is 51.8 Å². The summed E-state index contributed by atoms with van der Waals surface area (Å²) in [6.45, 7) is 6.57. The quantitative estimate of drug-likeness (QED) is 0.771. The number of fused-ring (bicyclic) bond motifs is 1. The smallest absolute Gasteiger partial charge is 0.410 e. The first-order valence-electron chi connectivity index (χ1n) is 9.46. The second-order valence-electron chi connectivity index (χ2n) is 8.15. The summed E-state index contributed by atoms with van der Waals surface area (Å²) < 4.78 is 6.88. The molecule has 0 saturated carbocycles.